The zero-order valence-electron chi connectivity index (χ0n) is 12.9. The topological polar surface area (TPSA) is 74.6 Å². The maximum Gasteiger partial charge on any atom is 0.335 e. The Labute approximate surface area is 157 Å². The van der Waals surface area contributed by atoms with E-state index in [1.807, 2.05) is 18.2 Å². The molecule has 0 aliphatic heterocycles. The third kappa shape index (κ3) is 3.88. The van der Waals surface area contributed by atoms with Gasteiger partial charge in [0.1, 0.15) is 0 Å². The van der Waals surface area contributed by atoms with E-state index < -0.39 is 11.9 Å². The summed E-state index contributed by atoms with van der Waals surface area (Å²) in [6.45, 7) is 0. The van der Waals surface area contributed by atoms with Crippen LogP contribution in [0.2, 0.25) is 0 Å². The fourth-order valence-electron chi connectivity index (χ4n) is 2.53. The summed E-state index contributed by atoms with van der Waals surface area (Å²) in [5, 5.41) is 18.0. The van der Waals surface area contributed by atoms with Crippen molar-refractivity contribution in [2.45, 2.75) is 0 Å². The van der Waals surface area contributed by atoms with E-state index in [1.165, 1.54) is 0 Å². The quantitative estimate of drug-likeness (QED) is 0.555. The SMILES string of the molecule is O=C(O)c1ccc(-c2cc(I)cc(-c3ccc(C(=O)O)cc3)c2)cc1. The molecule has 2 N–H and O–H groups in total. The molecule has 0 bridgehead atoms. The lowest BCUT2D eigenvalue weighted by Crippen LogP contribution is -1.95. The summed E-state index contributed by atoms with van der Waals surface area (Å²) in [5.74, 6) is -1.90. The fourth-order valence-corrected chi connectivity index (χ4v) is 3.20. The minimum atomic E-state index is -0.951. The minimum absolute atomic E-state index is 0.249. The van der Waals surface area contributed by atoms with Gasteiger partial charge < -0.3 is 10.2 Å². The van der Waals surface area contributed by atoms with Gasteiger partial charge in [0.05, 0.1) is 11.1 Å². The summed E-state index contributed by atoms with van der Waals surface area (Å²) in [5.41, 5.74) is 4.29. The number of benzene rings is 3. The van der Waals surface area contributed by atoms with Crippen molar-refractivity contribution in [1.82, 2.24) is 0 Å². The molecule has 4 nitrogen and oxygen atoms in total. The summed E-state index contributed by atoms with van der Waals surface area (Å²) in [6.07, 6.45) is 0. The summed E-state index contributed by atoms with van der Waals surface area (Å²) in [7, 11) is 0. The van der Waals surface area contributed by atoms with Crippen LogP contribution in [0.4, 0.5) is 0 Å². The van der Waals surface area contributed by atoms with Crippen molar-refractivity contribution in [2.24, 2.45) is 0 Å². The van der Waals surface area contributed by atoms with Crippen LogP contribution >= 0.6 is 22.6 Å². The van der Waals surface area contributed by atoms with Gasteiger partial charge in [-0.25, -0.2) is 9.59 Å². The molecule has 0 aromatic heterocycles. The molecule has 0 saturated heterocycles. The minimum Gasteiger partial charge on any atom is -0.478 e. The van der Waals surface area contributed by atoms with Crippen LogP contribution in [0.15, 0.2) is 66.7 Å². The number of aromatic carboxylic acids is 2. The average molecular weight is 444 g/mol. The van der Waals surface area contributed by atoms with Crippen molar-refractivity contribution in [3.63, 3.8) is 0 Å². The Kier molecular flexibility index (Phi) is 4.85. The Morgan fingerprint density at radius 3 is 1.28 bits per heavy atom. The molecule has 5 heteroatoms. The van der Waals surface area contributed by atoms with E-state index in [4.69, 9.17) is 10.2 Å². The van der Waals surface area contributed by atoms with E-state index in [1.54, 1.807) is 48.5 Å². The van der Waals surface area contributed by atoms with Gasteiger partial charge in [-0.15, -0.1) is 0 Å². The second kappa shape index (κ2) is 7.06. The van der Waals surface area contributed by atoms with E-state index >= 15 is 0 Å². The molecule has 25 heavy (non-hydrogen) atoms. The summed E-state index contributed by atoms with van der Waals surface area (Å²) < 4.78 is 1.04. The summed E-state index contributed by atoms with van der Waals surface area (Å²) in [4.78, 5) is 21.9. The van der Waals surface area contributed by atoms with E-state index in [2.05, 4.69) is 22.6 Å². The number of carboxylic acid groups (broad SMARTS) is 2. The molecule has 0 unspecified atom stereocenters. The van der Waals surface area contributed by atoms with Gasteiger partial charge in [-0.1, -0.05) is 24.3 Å². The molecule has 3 aromatic carbocycles. The van der Waals surface area contributed by atoms with Crippen molar-refractivity contribution in [3.05, 3.63) is 81.4 Å². The maximum absolute atomic E-state index is 11.0. The van der Waals surface area contributed by atoms with Gasteiger partial charge in [-0.3, -0.25) is 0 Å². The predicted octanol–water partition coefficient (Wildman–Crippen LogP) is 5.02. The Bertz CT molecular complexity index is 869. The highest BCUT2D eigenvalue weighted by atomic mass is 127. The van der Waals surface area contributed by atoms with Crippen molar-refractivity contribution in [1.29, 1.82) is 0 Å². The number of carboxylic acids is 2. The normalized spacial score (nSPS) is 10.4. The first-order valence-electron chi connectivity index (χ1n) is 7.42. The zero-order chi connectivity index (χ0) is 18.0. The second-order valence-electron chi connectivity index (χ2n) is 5.49. The first kappa shape index (κ1) is 17.2. The van der Waals surface area contributed by atoms with E-state index in [0.29, 0.717) is 0 Å². The van der Waals surface area contributed by atoms with Crippen LogP contribution in [0.3, 0.4) is 0 Å². The molecule has 0 fully saturated rings. The van der Waals surface area contributed by atoms with Crippen LogP contribution < -0.4 is 0 Å². The van der Waals surface area contributed by atoms with Gasteiger partial charge in [0.25, 0.3) is 0 Å². The maximum atomic E-state index is 11.0. The standard InChI is InChI=1S/C20H13IO4/c21-18-10-16(12-1-5-14(6-2-12)19(22)23)9-17(11-18)13-3-7-15(8-4-13)20(24)25/h1-11H,(H,22,23)(H,24,25). The van der Waals surface area contributed by atoms with Gasteiger partial charge in [0.2, 0.25) is 0 Å². The molecule has 0 amide bonds. The van der Waals surface area contributed by atoms with Gasteiger partial charge >= 0.3 is 11.9 Å². The molecule has 0 atom stereocenters. The van der Waals surface area contributed by atoms with Gasteiger partial charge in [0, 0.05) is 3.57 Å². The highest BCUT2D eigenvalue weighted by Gasteiger charge is 2.08. The van der Waals surface area contributed by atoms with Crippen molar-refractivity contribution >= 4 is 34.5 Å². The fraction of sp³-hybridized carbons (Fsp3) is 0. The van der Waals surface area contributed by atoms with E-state index in [-0.39, 0.29) is 11.1 Å². The molecule has 0 radical (unpaired) electrons. The molecule has 0 saturated carbocycles. The number of hydrogen-bond donors (Lipinski definition) is 2. The number of halogens is 1. The van der Waals surface area contributed by atoms with Crippen LogP contribution in [0.1, 0.15) is 20.7 Å². The number of carbonyl (C=O) groups is 2. The number of rotatable bonds is 4. The molecule has 3 rings (SSSR count). The summed E-state index contributed by atoms with van der Waals surface area (Å²) >= 11 is 2.23. The van der Waals surface area contributed by atoms with Gasteiger partial charge in [-0.05, 0) is 87.3 Å². The highest BCUT2D eigenvalue weighted by Crippen LogP contribution is 2.29. The smallest absolute Gasteiger partial charge is 0.335 e. The van der Waals surface area contributed by atoms with Gasteiger partial charge in [-0.2, -0.15) is 0 Å². The first-order chi connectivity index (χ1) is 11.9. The third-order valence-corrected chi connectivity index (χ3v) is 4.45. The molecular weight excluding hydrogens is 431 g/mol. The predicted molar refractivity (Wildman–Crippen MR) is 104 cm³/mol. The Morgan fingerprint density at radius 1 is 0.600 bits per heavy atom. The lowest BCUT2D eigenvalue weighted by atomic mass is 9.98. The molecule has 0 heterocycles. The third-order valence-electron chi connectivity index (χ3n) is 3.83. The van der Waals surface area contributed by atoms with Crippen molar-refractivity contribution in [2.75, 3.05) is 0 Å². The first-order valence-corrected chi connectivity index (χ1v) is 8.50. The van der Waals surface area contributed by atoms with Crippen LogP contribution in [0.5, 0.6) is 0 Å². The molecule has 0 aliphatic carbocycles. The van der Waals surface area contributed by atoms with Crippen molar-refractivity contribution in [3.8, 4) is 22.3 Å². The lowest BCUT2D eigenvalue weighted by molar-refractivity contribution is 0.0686. The average Bonchev–Trinajstić information content (AvgIpc) is 2.61. The Morgan fingerprint density at radius 2 is 0.960 bits per heavy atom. The zero-order valence-corrected chi connectivity index (χ0v) is 15.1. The van der Waals surface area contributed by atoms with Crippen LogP contribution in [0.25, 0.3) is 22.3 Å². The largest absolute Gasteiger partial charge is 0.478 e. The molecule has 3 aromatic rings. The Balaban J connectivity index is 2.00. The van der Waals surface area contributed by atoms with Crippen LogP contribution in [-0.2, 0) is 0 Å². The van der Waals surface area contributed by atoms with Crippen LogP contribution in [-0.4, -0.2) is 22.2 Å². The monoisotopic (exact) mass is 444 g/mol. The highest BCUT2D eigenvalue weighted by molar-refractivity contribution is 14.1. The van der Waals surface area contributed by atoms with Crippen LogP contribution in [0, 0.1) is 3.57 Å². The molecule has 0 spiro atoms. The van der Waals surface area contributed by atoms with Gasteiger partial charge in [0.15, 0.2) is 0 Å². The van der Waals surface area contributed by atoms with Crippen molar-refractivity contribution < 1.29 is 19.8 Å². The summed E-state index contributed by atoms with van der Waals surface area (Å²) in [6, 6.07) is 19.5. The molecule has 0 aliphatic rings. The molecular formula is C20H13IO4. The molecule has 124 valence electrons. The second-order valence-corrected chi connectivity index (χ2v) is 6.74. The lowest BCUT2D eigenvalue weighted by Gasteiger charge is -2.09. The Hall–Kier alpha value is -2.67. The van der Waals surface area contributed by atoms with E-state index in [0.717, 1.165) is 25.8 Å². The van der Waals surface area contributed by atoms with E-state index in [9.17, 15) is 9.59 Å². The number of hydrogen-bond acceptors (Lipinski definition) is 2.